The Morgan fingerprint density at radius 2 is 0.958 bits per heavy atom. The van der Waals surface area contributed by atoms with Crippen molar-refractivity contribution < 1.29 is 70.9 Å². The van der Waals surface area contributed by atoms with Gasteiger partial charge in [0.2, 0.25) is 0 Å². The second-order valence-corrected chi connectivity index (χ2v) is 3.36. The van der Waals surface area contributed by atoms with Crippen LogP contribution in [-0.4, -0.2) is 49.3 Å². The number of rotatable bonds is 5. The van der Waals surface area contributed by atoms with Crippen LogP contribution in [0, 0.1) is 0 Å². The van der Waals surface area contributed by atoms with Gasteiger partial charge in [-0.15, -0.1) is 0 Å². The molecule has 0 aliphatic carbocycles. The molecule has 0 N–H and O–H groups in total. The molecule has 0 aliphatic heterocycles. The molecule has 0 aromatic heterocycles. The molecule has 0 amide bonds. The Morgan fingerprint density at radius 3 is 1.21 bits per heavy atom. The molecule has 0 aromatic rings. The standard InChI is InChI=1S/C7F14O2.Li/c8-1(9)2(10)22-6(18,19)3(11,4(12,13)14)23-7(20,21)5(15,16)17;. The van der Waals surface area contributed by atoms with Crippen molar-refractivity contribution in [1.29, 1.82) is 0 Å². The zero-order chi connectivity index (χ0) is 19.1. The normalized spacial score (nSPS) is 16.1. The minimum Gasteiger partial charge on any atom is -0.398 e. The van der Waals surface area contributed by atoms with Gasteiger partial charge in [-0.25, -0.2) is 0 Å². The third-order valence-corrected chi connectivity index (χ3v) is 1.70. The summed E-state index contributed by atoms with van der Waals surface area (Å²) < 4.78 is 172. The van der Waals surface area contributed by atoms with Crippen molar-refractivity contribution in [2.45, 2.75) is 30.4 Å². The van der Waals surface area contributed by atoms with Gasteiger partial charge >= 0.3 is 42.5 Å². The summed E-state index contributed by atoms with van der Waals surface area (Å²) in [5, 5.41) is 0. The maximum Gasteiger partial charge on any atom is 0.483 e. The molecule has 0 rings (SSSR count). The maximum atomic E-state index is 13.1. The Morgan fingerprint density at radius 1 is 0.583 bits per heavy atom. The molecule has 24 heavy (non-hydrogen) atoms. The Balaban J connectivity index is 0. The van der Waals surface area contributed by atoms with Gasteiger partial charge in [0, 0.05) is 18.9 Å². The fourth-order valence-corrected chi connectivity index (χ4v) is 0.734. The summed E-state index contributed by atoms with van der Waals surface area (Å²) >= 11 is 0. The number of ether oxygens (including phenoxy) is 2. The van der Waals surface area contributed by atoms with Crippen LogP contribution in [0.2, 0.25) is 0 Å². The van der Waals surface area contributed by atoms with Crippen LogP contribution in [-0.2, 0) is 9.47 Å². The molecule has 0 heterocycles. The molecule has 0 fully saturated rings. The van der Waals surface area contributed by atoms with Crippen molar-refractivity contribution in [3.8, 4) is 0 Å². The minimum absolute atomic E-state index is 0. The Labute approximate surface area is 133 Å². The van der Waals surface area contributed by atoms with E-state index >= 15 is 0 Å². The van der Waals surface area contributed by atoms with Gasteiger partial charge < -0.3 is 4.74 Å². The molecule has 0 aromatic carbocycles. The van der Waals surface area contributed by atoms with E-state index < -0.39 is 42.5 Å². The van der Waals surface area contributed by atoms with E-state index in [0.717, 1.165) is 0 Å². The summed E-state index contributed by atoms with van der Waals surface area (Å²) in [5.74, 6) is -7.34. The van der Waals surface area contributed by atoms with E-state index in [4.69, 9.17) is 0 Å². The zero-order valence-electron chi connectivity index (χ0n) is 10.6. The molecule has 1 radical (unpaired) electrons. The van der Waals surface area contributed by atoms with Crippen LogP contribution in [0.1, 0.15) is 0 Å². The average molecular weight is 389 g/mol. The van der Waals surface area contributed by atoms with E-state index in [2.05, 4.69) is 0 Å². The summed E-state index contributed by atoms with van der Waals surface area (Å²) in [6, 6.07) is -3.87. The third-order valence-electron chi connectivity index (χ3n) is 1.70. The molecular weight excluding hydrogens is 389 g/mol. The summed E-state index contributed by atoms with van der Waals surface area (Å²) in [5.41, 5.74) is 0. The van der Waals surface area contributed by atoms with Crippen LogP contribution < -0.4 is 0 Å². The summed E-state index contributed by atoms with van der Waals surface area (Å²) in [6.07, 6.45) is -32.7. The second kappa shape index (κ2) is 7.16. The fourth-order valence-electron chi connectivity index (χ4n) is 0.734. The van der Waals surface area contributed by atoms with Gasteiger partial charge in [-0.05, 0) is 0 Å². The van der Waals surface area contributed by atoms with Gasteiger partial charge in [0.1, 0.15) is 0 Å². The van der Waals surface area contributed by atoms with Crippen molar-refractivity contribution >= 4 is 18.9 Å². The molecular formula is C7F14LiO2. The van der Waals surface area contributed by atoms with Crippen LogP contribution in [0.4, 0.5) is 61.5 Å². The summed E-state index contributed by atoms with van der Waals surface area (Å²) in [7, 11) is 0. The summed E-state index contributed by atoms with van der Waals surface area (Å²) in [4.78, 5) is 0. The predicted molar refractivity (Wildman–Crippen MR) is 44.1 cm³/mol. The van der Waals surface area contributed by atoms with Crippen LogP contribution in [0.5, 0.6) is 0 Å². The average Bonchev–Trinajstić information content (AvgIpc) is 2.23. The van der Waals surface area contributed by atoms with Crippen LogP contribution in [0.15, 0.2) is 12.1 Å². The van der Waals surface area contributed by atoms with Gasteiger partial charge in [0.15, 0.2) is 0 Å². The fraction of sp³-hybridized carbons (Fsp3) is 0.714. The van der Waals surface area contributed by atoms with Gasteiger partial charge in [-0.1, -0.05) is 0 Å². The molecule has 0 spiro atoms. The molecule has 0 saturated carbocycles. The maximum absolute atomic E-state index is 13.1. The number of hydrogen-bond acceptors (Lipinski definition) is 2. The zero-order valence-corrected chi connectivity index (χ0v) is 10.6. The Kier molecular flexibility index (Phi) is 7.56. The molecule has 0 aliphatic rings. The summed E-state index contributed by atoms with van der Waals surface area (Å²) in [6.45, 7) is 0. The SMILES string of the molecule is FC(F)=C(F)OC(F)(F)C(F)(OC(F)(F)C(F)(F)F)C(F)(F)F.[Li]. The Hall–Kier alpha value is -0.883. The third kappa shape index (κ3) is 5.06. The van der Waals surface area contributed by atoms with E-state index in [-0.39, 0.29) is 18.9 Å². The van der Waals surface area contributed by atoms with Crippen molar-refractivity contribution in [3.63, 3.8) is 0 Å². The predicted octanol–water partition coefficient (Wildman–Crippen LogP) is 4.65. The van der Waals surface area contributed by atoms with E-state index in [0.29, 0.717) is 0 Å². The van der Waals surface area contributed by atoms with Crippen LogP contribution in [0.3, 0.4) is 0 Å². The molecule has 17 heteroatoms. The molecule has 139 valence electrons. The number of alkyl halides is 11. The number of hydrogen-bond donors (Lipinski definition) is 0. The molecule has 1 unspecified atom stereocenters. The van der Waals surface area contributed by atoms with Gasteiger partial charge in [-0.3, -0.25) is 4.74 Å². The van der Waals surface area contributed by atoms with Crippen molar-refractivity contribution in [3.05, 3.63) is 12.1 Å². The van der Waals surface area contributed by atoms with Gasteiger partial charge in [-0.2, -0.15) is 61.5 Å². The van der Waals surface area contributed by atoms with E-state index in [1.165, 1.54) is 4.74 Å². The first-order chi connectivity index (χ1) is 9.78. The van der Waals surface area contributed by atoms with Crippen molar-refractivity contribution in [1.82, 2.24) is 0 Å². The van der Waals surface area contributed by atoms with E-state index in [1.807, 2.05) is 4.74 Å². The molecule has 0 saturated heterocycles. The van der Waals surface area contributed by atoms with Gasteiger partial charge in [0.25, 0.3) is 0 Å². The quantitative estimate of drug-likeness (QED) is 0.387. The first-order valence-electron chi connectivity index (χ1n) is 4.46. The van der Waals surface area contributed by atoms with Crippen LogP contribution in [0.25, 0.3) is 0 Å². The van der Waals surface area contributed by atoms with Crippen molar-refractivity contribution in [2.75, 3.05) is 0 Å². The smallest absolute Gasteiger partial charge is 0.398 e. The first kappa shape index (κ1) is 25.4. The van der Waals surface area contributed by atoms with E-state index in [9.17, 15) is 61.5 Å². The van der Waals surface area contributed by atoms with Gasteiger partial charge in [0.05, 0.1) is 0 Å². The molecule has 1 atom stereocenters. The first-order valence-corrected chi connectivity index (χ1v) is 4.46. The Bertz CT molecular complexity index is 463. The minimum atomic E-state index is -7.39. The van der Waals surface area contributed by atoms with Crippen LogP contribution >= 0.6 is 0 Å². The monoisotopic (exact) mass is 389 g/mol. The number of halogens is 14. The topological polar surface area (TPSA) is 18.5 Å². The van der Waals surface area contributed by atoms with E-state index in [1.54, 1.807) is 0 Å². The largest absolute Gasteiger partial charge is 0.483 e. The van der Waals surface area contributed by atoms with Crippen molar-refractivity contribution in [2.24, 2.45) is 0 Å². The second-order valence-electron chi connectivity index (χ2n) is 3.36. The molecule has 0 bridgehead atoms. The molecule has 2 nitrogen and oxygen atoms in total.